The van der Waals surface area contributed by atoms with Crippen molar-refractivity contribution in [3.8, 4) is 11.5 Å². The molecule has 0 aliphatic carbocycles. The number of carbonyl (C=O) groups is 1. The Bertz CT molecular complexity index is 536. The maximum Gasteiger partial charge on any atom is 0.306 e. The summed E-state index contributed by atoms with van der Waals surface area (Å²) in [6.07, 6.45) is 4.96. The van der Waals surface area contributed by atoms with Gasteiger partial charge in [-0.3, -0.25) is 4.79 Å². The molecule has 0 aliphatic heterocycles. The number of carbonyl (C=O) groups excluding carboxylic acids is 1. The van der Waals surface area contributed by atoms with Gasteiger partial charge in [-0.05, 0) is 40.4 Å². The molecule has 1 unspecified atom stereocenters. The van der Waals surface area contributed by atoms with Gasteiger partial charge >= 0.3 is 5.97 Å². The van der Waals surface area contributed by atoms with Gasteiger partial charge in [0.05, 0.1) is 27.2 Å². The second kappa shape index (κ2) is 12.5. The molecule has 0 fully saturated rings. The number of halogens is 1. The molecule has 0 amide bonds. The Morgan fingerprint density at radius 3 is 2.48 bits per heavy atom. The van der Waals surface area contributed by atoms with Crippen molar-refractivity contribution in [1.29, 1.82) is 0 Å². The summed E-state index contributed by atoms with van der Waals surface area (Å²) in [6.45, 7) is 4.88. The number of thioether (sulfide) groups is 1. The van der Waals surface area contributed by atoms with Crippen LogP contribution in [0.4, 0.5) is 0 Å². The van der Waals surface area contributed by atoms with E-state index in [9.17, 15) is 4.79 Å². The lowest BCUT2D eigenvalue weighted by molar-refractivity contribution is -0.144. The molecule has 0 N–H and O–H groups in total. The lowest BCUT2D eigenvalue weighted by Gasteiger charge is -2.14. The summed E-state index contributed by atoms with van der Waals surface area (Å²) in [4.78, 5) is 13.0. The standard InChI is InChI=1S/C19H29BrO4S/c1-5-7-8-14(6-2)13-24-19(21)9-10-25-18-12-17(23-4)16(22-3)11-15(18)20/h11-12,14H,5-10,13H2,1-4H3. The van der Waals surface area contributed by atoms with Gasteiger partial charge in [-0.15, -0.1) is 11.8 Å². The Kier molecular flexibility index (Phi) is 11.1. The highest BCUT2D eigenvalue weighted by Crippen LogP contribution is 2.38. The summed E-state index contributed by atoms with van der Waals surface area (Å²) in [5.74, 6) is 2.38. The van der Waals surface area contributed by atoms with Gasteiger partial charge in [-0.2, -0.15) is 0 Å². The molecule has 1 aromatic carbocycles. The van der Waals surface area contributed by atoms with Crippen LogP contribution in [-0.2, 0) is 9.53 Å². The second-order valence-electron chi connectivity index (χ2n) is 5.84. The van der Waals surface area contributed by atoms with Gasteiger partial charge in [-0.1, -0.05) is 33.1 Å². The van der Waals surface area contributed by atoms with E-state index in [1.807, 2.05) is 12.1 Å². The van der Waals surface area contributed by atoms with Crippen molar-refractivity contribution >= 4 is 33.7 Å². The van der Waals surface area contributed by atoms with Crippen molar-refractivity contribution in [3.05, 3.63) is 16.6 Å². The Hall–Kier alpha value is -0.880. The summed E-state index contributed by atoms with van der Waals surface area (Å²) in [6, 6.07) is 3.79. The highest BCUT2D eigenvalue weighted by Gasteiger charge is 2.12. The molecule has 6 heteroatoms. The predicted molar refractivity (Wildman–Crippen MR) is 107 cm³/mol. The summed E-state index contributed by atoms with van der Waals surface area (Å²) in [7, 11) is 3.22. The van der Waals surface area contributed by atoms with E-state index in [4.69, 9.17) is 14.2 Å². The minimum atomic E-state index is -0.126. The monoisotopic (exact) mass is 432 g/mol. The number of hydrogen-bond acceptors (Lipinski definition) is 5. The second-order valence-corrected chi connectivity index (χ2v) is 7.83. The minimum absolute atomic E-state index is 0.126. The summed E-state index contributed by atoms with van der Waals surface area (Å²) in [5.41, 5.74) is 0. The molecule has 1 rings (SSSR count). The topological polar surface area (TPSA) is 44.8 Å². The van der Waals surface area contributed by atoms with E-state index in [2.05, 4.69) is 29.8 Å². The van der Waals surface area contributed by atoms with Crippen molar-refractivity contribution in [2.24, 2.45) is 5.92 Å². The van der Waals surface area contributed by atoms with Crippen LogP contribution in [0.5, 0.6) is 11.5 Å². The third-order valence-electron chi connectivity index (χ3n) is 4.03. The van der Waals surface area contributed by atoms with Crippen molar-refractivity contribution in [3.63, 3.8) is 0 Å². The van der Waals surface area contributed by atoms with Crippen LogP contribution in [0.1, 0.15) is 46.0 Å². The summed E-state index contributed by atoms with van der Waals surface area (Å²) >= 11 is 5.12. The fourth-order valence-corrected chi connectivity index (χ4v) is 3.91. The van der Waals surface area contributed by atoms with Gasteiger partial charge in [0.25, 0.3) is 0 Å². The molecule has 0 aliphatic rings. The first kappa shape index (κ1) is 22.2. The number of unbranched alkanes of at least 4 members (excludes halogenated alkanes) is 1. The van der Waals surface area contributed by atoms with Crippen molar-refractivity contribution < 1.29 is 19.0 Å². The molecule has 0 radical (unpaired) electrons. The average molecular weight is 433 g/mol. The first-order chi connectivity index (χ1) is 12.0. The van der Waals surface area contributed by atoms with E-state index in [1.165, 1.54) is 12.8 Å². The molecule has 0 bridgehead atoms. The van der Waals surface area contributed by atoms with Crippen LogP contribution in [0.15, 0.2) is 21.5 Å². The van der Waals surface area contributed by atoms with Crippen LogP contribution >= 0.6 is 27.7 Å². The number of hydrogen-bond donors (Lipinski definition) is 0. The number of esters is 1. The van der Waals surface area contributed by atoms with E-state index in [0.717, 1.165) is 22.2 Å². The first-order valence-corrected chi connectivity index (χ1v) is 10.5. The lowest BCUT2D eigenvalue weighted by atomic mass is 10.0. The Morgan fingerprint density at radius 1 is 1.20 bits per heavy atom. The third kappa shape index (κ3) is 7.90. The molecular weight excluding hydrogens is 404 g/mol. The van der Waals surface area contributed by atoms with Gasteiger partial charge in [0.1, 0.15) is 0 Å². The molecule has 1 aromatic rings. The lowest BCUT2D eigenvalue weighted by Crippen LogP contribution is -2.14. The molecule has 0 spiro atoms. The Labute approximate surface area is 164 Å². The van der Waals surface area contributed by atoms with Crippen LogP contribution in [0, 0.1) is 5.92 Å². The average Bonchev–Trinajstić information content (AvgIpc) is 2.62. The van der Waals surface area contributed by atoms with E-state index in [0.29, 0.717) is 36.2 Å². The smallest absolute Gasteiger partial charge is 0.306 e. The molecular formula is C19H29BrO4S. The SMILES string of the molecule is CCCCC(CC)COC(=O)CCSc1cc(OC)c(OC)cc1Br. The number of methoxy groups -OCH3 is 2. The molecule has 4 nitrogen and oxygen atoms in total. The first-order valence-electron chi connectivity index (χ1n) is 8.75. The predicted octanol–water partition coefficient (Wildman–Crippen LogP) is 5.71. The molecule has 0 saturated heterocycles. The van der Waals surface area contributed by atoms with Gasteiger partial charge in [0.2, 0.25) is 0 Å². The molecule has 25 heavy (non-hydrogen) atoms. The molecule has 142 valence electrons. The fourth-order valence-electron chi connectivity index (χ4n) is 2.37. The van der Waals surface area contributed by atoms with E-state index >= 15 is 0 Å². The molecule has 0 heterocycles. The van der Waals surface area contributed by atoms with Crippen molar-refractivity contribution in [2.75, 3.05) is 26.6 Å². The van der Waals surface area contributed by atoms with Gasteiger partial charge in [0.15, 0.2) is 11.5 Å². The zero-order chi connectivity index (χ0) is 18.7. The Morgan fingerprint density at radius 2 is 1.88 bits per heavy atom. The summed E-state index contributed by atoms with van der Waals surface area (Å²) < 4.78 is 16.9. The minimum Gasteiger partial charge on any atom is -0.493 e. The highest BCUT2D eigenvalue weighted by molar-refractivity contribution is 9.10. The van der Waals surface area contributed by atoms with Crippen LogP contribution in [0.2, 0.25) is 0 Å². The molecule has 0 aromatic heterocycles. The van der Waals surface area contributed by atoms with Gasteiger partial charge in [0, 0.05) is 15.1 Å². The third-order valence-corrected chi connectivity index (χ3v) is 6.00. The van der Waals surface area contributed by atoms with E-state index < -0.39 is 0 Å². The zero-order valence-corrected chi connectivity index (χ0v) is 18.0. The van der Waals surface area contributed by atoms with Crippen LogP contribution in [-0.4, -0.2) is 32.5 Å². The van der Waals surface area contributed by atoms with Gasteiger partial charge < -0.3 is 14.2 Å². The van der Waals surface area contributed by atoms with Gasteiger partial charge in [-0.25, -0.2) is 0 Å². The van der Waals surface area contributed by atoms with E-state index in [-0.39, 0.29) is 5.97 Å². The largest absolute Gasteiger partial charge is 0.493 e. The van der Waals surface area contributed by atoms with Crippen molar-refractivity contribution in [2.45, 2.75) is 50.8 Å². The fraction of sp³-hybridized carbons (Fsp3) is 0.632. The molecule has 0 saturated carbocycles. The highest BCUT2D eigenvalue weighted by atomic mass is 79.9. The van der Waals surface area contributed by atoms with E-state index in [1.54, 1.807) is 26.0 Å². The van der Waals surface area contributed by atoms with Crippen LogP contribution < -0.4 is 9.47 Å². The van der Waals surface area contributed by atoms with Crippen LogP contribution in [0.25, 0.3) is 0 Å². The van der Waals surface area contributed by atoms with Crippen LogP contribution in [0.3, 0.4) is 0 Å². The number of benzene rings is 1. The zero-order valence-electron chi connectivity index (χ0n) is 15.6. The number of ether oxygens (including phenoxy) is 3. The summed E-state index contributed by atoms with van der Waals surface area (Å²) in [5, 5.41) is 0. The molecule has 1 atom stereocenters. The normalized spacial score (nSPS) is 11.9. The quantitative estimate of drug-likeness (QED) is 0.312. The maximum atomic E-state index is 11.9. The number of rotatable bonds is 12. The van der Waals surface area contributed by atoms with Crippen molar-refractivity contribution in [1.82, 2.24) is 0 Å². The maximum absolute atomic E-state index is 11.9. The Balaban J connectivity index is 2.42.